The Kier molecular flexibility index (Phi) is 9.49. The van der Waals surface area contributed by atoms with E-state index in [0.29, 0.717) is 12.5 Å². The predicted molar refractivity (Wildman–Crippen MR) is 127 cm³/mol. The van der Waals surface area contributed by atoms with Crippen LogP contribution in [0.25, 0.3) is 0 Å². The van der Waals surface area contributed by atoms with Gasteiger partial charge < -0.3 is 15.1 Å². The molecule has 2 heterocycles. The van der Waals surface area contributed by atoms with Gasteiger partial charge >= 0.3 is 0 Å². The standard InChI is InChI=1S/C21H26N4OS.HI/c1-16(20-22-12-14-27-20)15-24-21(23-11-10-19-9-6-13-26-19)25-17(2)18-7-4-3-5-8-18;/h3-9,12-14,16-17H,10-11,15H2,1-2H3,(H2,23,24,25);1H. The maximum atomic E-state index is 5.41. The number of guanidine groups is 1. The lowest BCUT2D eigenvalue weighted by Gasteiger charge is -2.19. The van der Waals surface area contributed by atoms with Crippen LogP contribution in [0.2, 0.25) is 0 Å². The van der Waals surface area contributed by atoms with Crippen molar-refractivity contribution in [1.82, 2.24) is 15.6 Å². The molecule has 0 saturated heterocycles. The molecule has 0 aliphatic carbocycles. The van der Waals surface area contributed by atoms with Crippen molar-refractivity contribution in [2.45, 2.75) is 32.2 Å². The zero-order valence-electron chi connectivity index (χ0n) is 16.2. The molecular formula is C21H27IN4OS. The van der Waals surface area contributed by atoms with Gasteiger partial charge in [0.2, 0.25) is 0 Å². The summed E-state index contributed by atoms with van der Waals surface area (Å²) in [6.07, 6.45) is 4.36. The summed E-state index contributed by atoms with van der Waals surface area (Å²) in [5, 5.41) is 10.0. The van der Waals surface area contributed by atoms with Gasteiger partial charge in [-0.3, -0.25) is 4.99 Å². The topological polar surface area (TPSA) is 62.5 Å². The number of nitrogens with one attached hydrogen (secondary N) is 2. The molecule has 0 radical (unpaired) electrons. The quantitative estimate of drug-likeness (QED) is 0.255. The molecule has 0 bridgehead atoms. The van der Waals surface area contributed by atoms with Crippen molar-refractivity contribution in [3.8, 4) is 0 Å². The molecule has 2 atom stereocenters. The minimum atomic E-state index is 0. The summed E-state index contributed by atoms with van der Waals surface area (Å²) in [5.74, 6) is 2.07. The Labute approximate surface area is 187 Å². The van der Waals surface area contributed by atoms with Crippen molar-refractivity contribution in [1.29, 1.82) is 0 Å². The molecule has 0 fully saturated rings. The third-order valence-corrected chi connectivity index (χ3v) is 5.30. The van der Waals surface area contributed by atoms with Gasteiger partial charge in [0.15, 0.2) is 5.96 Å². The molecule has 0 saturated carbocycles. The van der Waals surface area contributed by atoms with Crippen molar-refractivity contribution in [3.63, 3.8) is 0 Å². The summed E-state index contributed by atoms with van der Waals surface area (Å²) in [5.41, 5.74) is 1.23. The number of hydrogen-bond donors (Lipinski definition) is 2. The monoisotopic (exact) mass is 510 g/mol. The summed E-state index contributed by atoms with van der Waals surface area (Å²) >= 11 is 1.68. The molecule has 5 nitrogen and oxygen atoms in total. The molecule has 0 amide bonds. The van der Waals surface area contributed by atoms with E-state index < -0.39 is 0 Å². The second-order valence-corrected chi connectivity index (χ2v) is 7.42. The van der Waals surface area contributed by atoms with Crippen LogP contribution in [0.3, 0.4) is 0 Å². The summed E-state index contributed by atoms with van der Waals surface area (Å²) < 4.78 is 5.41. The molecule has 28 heavy (non-hydrogen) atoms. The van der Waals surface area contributed by atoms with E-state index >= 15 is 0 Å². The highest BCUT2D eigenvalue weighted by Crippen LogP contribution is 2.17. The van der Waals surface area contributed by atoms with E-state index in [2.05, 4.69) is 53.7 Å². The molecule has 1 aromatic carbocycles. The number of halogens is 1. The van der Waals surface area contributed by atoms with Crippen molar-refractivity contribution in [2.24, 2.45) is 4.99 Å². The van der Waals surface area contributed by atoms with Gasteiger partial charge in [0.1, 0.15) is 5.76 Å². The fourth-order valence-electron chi connectivity index (χ4n) is 2.73. The van der Waals surface area contributed by atoms with Gasteiger partial charge in [0.25, 0.3) is 0 Å². The highest BCUT2D eigenvalue weighted by atomic mass is 127. The van der Waals surface area contributed by atoms with Gasteiger partial charge in [-0.25, -0.2) is 4.98 Å². The first-order chi connectivity index (χ1) is 13.2. The van der Waals surface area contributed by atoms with E-state index in [4.69, 9.17) is 9.41 Å². The number of benzene rings is 1. The first kappa shape index (κ1) is 22.4. The highest BCUT2D eigenvalue weighted by molar-refractivity contribution is 14.0. The average Bonchev–Trinajstić information content (AvgIpc) is 3.40. The number of nitrogens with zero attached hydrogens (tertiary/aromatic N) is 2. The van der Waals surface area contributed by atoms with Gasteiger partial charge in [0, 0.05) is 30.5 Å². The normalized spacial score (nSPS) is 13.4. The molecule has 2 aromatic heterocycles. The van der Waals surface area contributed by atoms with E-state index in [1.165, 1.54) is 5.56 Å². The van der Waals surface area contributed by atoms with Crippen LogP contribution < -0.4 is 10.6 Å². The van der Waals surface area contributed by atoms with Gasteiger partial charge in [-0.15, -0.1) is 35.3 Å². The lowest BCUT2D eigenvalue weighted by Crippen LogP contribution is -2.40. The fraction of sp³-hybridized carbons (Fsp3) is 0.333. The van der Waals surface area contributed by atoms with Crippen LogP contribution in [0.4, 0.5) is 0 Å². The molecular weight excluding hydrogens is 483 g/mol. The summed E-state index contributed by atoms with van der Waals surface area (Å²) in [6.45, 7) is 5.74. The van der Waals surface area contributed by atoms with Crippen LogP contribution >= 0.6 is 35.3 Å². The Morgan fingerprint density at radius 3 is 2.68 bits per heavy atom. The first-order valence-corrected chi connectivity index (χ1v) is 10.1. The number of hydrogen-bond acceptors (Lipinski definition) is 4. The predicted octanol–water partition coefficient (Wildman–Crippen LogP) is 5.00. The van der Waals surface area contributed by atoms with Gasteiger partial charge in [-0.2, -0.15) is 0 Å². The summed E-state index contributed by atoms with van der Waals surface area (Å²) in [6, 6.07) is 14.4. The third-order valence-electron chi connectivity index (χ3n) is 4.29. The van der Waals surface area contributed by atoms with Crippen molar-refractivity contribution in [3.05, 3.63) is 76.6 Å². The Morgan fingerprint density at radius 1 is 1.18 bits per heavy atom. The molecule has 0 aliphatic heterocycles. The zero-order valence-corrected chi connectivity index (χ0v) is 19.3. The lowest BCUT2D eigenvalue weighted by molar-refractivity contribution is 0.506. The second-order valence-electron chi connectivity index (χ2n) is 6.49. The average molecular weight is 510 g/mol. The van der Waals surface area contributed by atoms with Crippen LogP contribution in [0.5, 0.6) is 0 Å². The SMILES string of the molecule is CC(CN=C(NCCc1ccco1)NC(C)c1ccccc1)c1nccs1.I. The van der Waals surface area contributed by atoms with Crippen LogP contribution in [-0.4, -0.2) is 24.0 Å². The lowest BCUT2D eigenvalue weighted by atomic mass is 10.1. The van der Waals surface area contributed by atoms with Crippen LogP contribution in [0, 0.1) is 0 Å². The number of aliphatic imine (C=N–C) groups is 1. The zero-order chi connectivity index (χ0) is 18.9. The Bertz CT molecular complexity index is 806. The van der Waals surface area contributed by atoms with Crippen LogP contribution in [0.1, 0.15) is 42.1 Å². The third kappa shape index (κ3) is 6.94. The van der Waals surface area contributed by atoms with Crippen molar-refractivity contribution < 1.29 is 4.42 Å². The highest BCUT2D eigenvalue weighted by Gasteiger charge is 2.11. The Morgan fingerprint density at radius 2 is 2.00 bits per heavy atom. The number of aromatic nitrogens is 1. The molecule has 2 unspecified atom stereocenters. The molecule has 7 heteroatoms. The molecule has 0 aliphatic rings. The van der Waals surface area contributed by atoms with Gasteiger partial charge in [-0.05, 0) is 24.6 Å². The Balaban J connectivity index is 0.00000280. The molecule has 150 valence electrons. The van der Waals surface area contributed by atoms with E-state index in [1.54, 1.807) is 17.6 Å². The Hall–Kier alpha value is -1.87. The van der Waals surface area contributed by atoms with Crippen molar-refractivity contribution in [2.75, 3.05) is 13.1 Å². The van der Waals surface area contributed by atoms with Gasteiger partial charge in [-0.1, -0.05) is 37.3 Å². The number of rotatable bonds is 8. The van der Waals surface area contributed by atoms with E-state index in [-0.39, 0.29) is 30.0 Å². The van der Waals surface area contributed by atoms with E-state index in [1.807, 2.05) is 29.8 Å². The fourth-order valence-corrected chi connectivity index (χ4v) is 3.42. The molecule has 3 aromatic rings. The number of furan rings is 1. The minimum absolute atomic E-state index is 0. The molecule has 2 N–H and O–H groups in total. The minimum Gasteiger partial charge on any atom is -0.469 e. The summed E-state index contributed by atoms with van der Waals surface area (Å²) in [7, 11) is 0. The second kappa shape index (κ2) is 11.9. The maximum Gasteiger partial charge on any atom is 0.191 e. The largest absolute Gasteiger partial charge is 0.469 e. The molecule has 3 rings (SSSR count). The van der Waals surface area contributed by atoms with Crippen LogP contribution in [-0.2, 0) is 6.42 Å². The first-order valence-electron chi connectivity index (χ1n) is 9.24. The molecule has 0 spiro atoms. The van der Waals surface area contributed by atoms with Crippen molar-refractivity contribution >= 4 is 41.3 Å². The maximum absolute atomic E-state index is 5.41. The van der Waals surface area contributed by atoms with Crippen LogP contribution in [0.15, 0.2) is 69.7 Å². The smallest absolute Gasteiger partial charge is 0.191 e. The van der Waals surface area contributed by atoms with Gasteiger partial charge in [0.05, 0.1) is 23.9 Å². The number of thiazole rings is 1. The van der Waals surface area contributed by atoms with E-state index in [9.17, 15) is 0 Å². The van der Waals surface area contributed by atoms with E-state index in [0.717, 1.165) is 29.7 Å². The summed E-state index contributed by atoms with van der Waals surface area (Å²) in [4.78, 5) is 9.19.